The van der Waals surface area contributed by atoms with Crippen molar-refractivity contribution in [3.8, 4) is 5.75 Å². The third-order valence-electron chi connectivity index (χ3n) is 3.86. The summed E-state index contributed by atoms with van der Waals surface area (Å²) in [7, 11) is 0. The van der Waals surface area contributed by atoms with Crippen molar-refractivity contribution in [1.29, 1.82) is 0 Å². The van der Waals surface area contributed by atoms with Crippen molar-refractivity contribution >= 4 is 29.1 Å². The van der Waals surface area contributed by atoms with Crippen LogP contribution in [-0.2, 0) is 4.79 Å². The molecule has 0 aromatic heterocycles. The predicted octanol–water partition coefficient (Wildman–Crippen LogP) is 2.69. The maximum absolute atomic E-state index is 12.0. The standard InChI is InChI=1S/C18H25N3O3S/c1-2-3-4-5-12-24-15-10-8-14(9-11-15)17(23)20-21-18(25)19-16(22)13-6-7-13/h8-11,13H,2-7,12H2,1H3,(H,20,23)(H2,19,21,22,25). The second-order valence-electron chi connectivity index (χ2n) is 6.11. The summed E-state index contributed by atoms with van der Waals surface area (Å²) < 4.78 is 5.64. The molecule has 0 bridgehead atoms. The van der Waals surface area contributed by atoms with Crippen LogP contribution in [0.5, 0.6) is 5.75 Å². The van der Waals surface area contributed by atoms with E-state index in [-0.39, 0.29) is 22.8 Å². The lowest BCUT2D eigenvalue weighted by Crippen LogP contribution is -2.48. The molecule has 1 aromatic rings. The highest BCUT2D eigenvalue weighted by atomic mass is 32.1. The summed E-state index contributed by atoms with van der Waals surface area (Å²) in [5, 5.41) is 2.64. The maximum atomic E-state index is 12.0. The molecule has 1 saturated carbocycles. The zero-order chi connectivity index (χ0) is 18.1. The van der Waals surface area contributed by atoms with E-state index in [2.05, 4.69) is 23.1 Å². The van der Waals surface area contributed by atoms with E-state index in [1.165, 1.54) is 19.3 Å². The molecule has 25 heavy (non-hydrogen) atoms. The van der Waals surface area contributed by atoms with Crippen LogP contribution in [0.3, 0.4) is 0 Å². The molecule has 0 radical (unpaired) electrons. The highest BCUT2D eigenvalue weighted by Crippen LogP contribution is 2.28. The number of unbranched alkanes of at least 4 members (excludes halogenated alkanes) is 3. The number of hydrogen-bond donors (Lipinski definition) is 3. The lowest BCUT2D eigenvalue weighted by molar-refractivity contribution is -0.120. The summed E-state index contributed by atoms with van der Waals surface area (Å²) in [5.74, 6) is 0.364. The molecule has 0 aliphatic heterocycles. The quantitative estimate of drug-likeness (QED) is 0.376. The first-order valence-corrected chi connectivity index (χ1v) is 9.15. The number of carbonyl (C=O) groups excluding carboxylic acids is 2. The SMILES string of the molecule is CCCCCCOc1ccc(C(=O)NNC(=S)NC(=O)C2CC2)cc1. The molecule has 6 nitrogen and oxygen atoms in total. The highest BCUT2D eigenvalue weighted by Gasteiger charge is 2.30. The van der Waals surface area contributed by atoms with Gasteiger partial charge in [0.1, 0.15) is 5.75 Å². The van der Waals surface area contributed by atoms with E-state index in [1.54, 1.807) is 24.3 Å². The second kappa shape index (κ2) is 9.98. The van der Waals surface area contributed by atoms with Crippen molar-refractivity contribution in [3.05, 3.63) is 29.8 Å². The molecule has 0 spiro atoms. The molecular weight excluding hydrogens is 338 g/mol. The molecular formula is C18H25N3O3S. The third kappa shape index (κ3) is 7.09. The van der Waals surface area contributed by atoms with Gasteiger partial charge in [0.2, 0.25) is 5.91 Å². The lowest BCUT2D eigenvalue weighted by Gasteiger charge is -2.11. The van der Waals surface area contributed by atoms with Crippen LogP contribution < -0.4 is 20.9 Å². The van der Waals surface area contributed by atoms with E-state index < -0.39 is 0 Å². The van der Waals surface area contributed by atoms with Crippen LogP contribution in [0, 0.1) is 5.92 Å². The minimum Gasteiger partial charge on any atom is -0.494 e. The number of hydrogen-bond acceptors (Lipinski definition) is 4. The van der Waals surface area contributed by atoms with Crippen LogP contribution in [0.4, 0.5) is 0 Å². The molecule has 7 heteroatoms. The number of ether oxygens (including phenoxy) is 1. The molecule has 0 unspecified atom stereocenters. The van der Waals surface area contributed by atoms with Gasteiger partial charge < -0.3 is 10.1 Å². The minimum atomic E-state index is -0.336. The van der Waals surface area contributed by atoms with E-state index in [1.807, 2.05) is 0 Å². The molecule has 2 rings (SSSR count). The first-order chi connectivity index (χ1) is 12.1. The van der Waals surface area contributed by atoms with Gasteiger partial charge in [-0.25, -0.2) is 0 Å². The summed E-state index contributed by atoms with van der Waals surface area (Å²) in [4.78, 5) is 23.6. The minimum absolute atomic E-state index is 0.0602. The summed E-state index contributed by atoms with van der Waals surface area (Å²) >= 11 is 4.97. The van der Waals surface area contributed by atoms with Crippen LogP contribution in [0.2, 0.25) is 0 Å². The summed E-state index contributed by atoms with van der Waals surface area (Å²) in [6.45, 7) is 2.86. The normalized spacial score (nSPS) is 13.0. The molecule has 1 aromatic carbocycles. The Morgan fingerprint density at radius 3 is 2.48 bits per heavy atom. The largest absolute Gasteiger partial charge is 0.494 e. The molecule has 1 aliphatic carbocycles. The zero-order valence-corrected chi connectivity index (χ0v) is 15.3. The summed E-state index contributed by atoms with van der Waals surface area (Å²) in [6, 6.07) is 6.90. The van der Waals surface area contributed by atoms with Crippen LogP contribution in [0.1, 0.15) is 55.8 Å². The Morgan fingerprint density at radius 1 is 1.12 bits per heavy atom. The van der Waals surface area contributed by atoms with Crippen LogP contribution in [0.15, 0.2) is 24.3 Å². The Labute approximate surface area is 153 Å². The lowest BCUT2D eigenvalue weighted by atomic mass is 10.2. The second-order valence-corrected chi connectivity index (χ2v) is 6.51. The van der Waals surface area contributed by atoms with Crippen molar-refractivity contribution in [2.75, 3.05) is 6.61 Å². The Kier molecular flexibility index (Phi) is 7.66. The van der Waals surface area contributed by atoms with E-state index >= 15 is 0 Å². The fourth-order valence-corrected chi connectivity index (χ4v) is 2.35. The number of benzene rings is 1. The van der Waals surface area contributed by atoms with Gasteiger partial charge in [-0.1, -0.05) is 26.2 Å². The molecule has 0 atom stereocenters. The van der Waals surface area contributed by atoms with E-state index in [0.717, 1.165) is 25.0 Å². The van der Waals surface area contributed by atoms with Gasteiger partial charge in [-0.05, 0) is 55.7 Å². The molecule has 1 fully saturated rings. The van der Waals surface area contributed by atoms with Gasteiger partial charge in [-0.2, -0.15) is 0 Å². The van der Waals surface area contributed by atoms with Crippen LogP contribution >= 0.6 is 12.2 Å². The van der Waals surface area contributed by atoms with E-state index in [0.29, 0.717) is 12.2 Å². The first-order valence-electron chi connectivity index (χ1n) is 8.74. The number of thiocarbonyl (C=S) groups is 1. The van der Waals surface area contributed by atoms with Crippen molar-refractivity contribution in [2.24, 2.45) is 5.92 Å². The van der Waals surface area contributed by atoms with Gasteiger partial charge in [-0.3, -0.25) is 20.4 Å². The molecule has 0 saturated heterocycles. The van der Waals surface area contributed by atoms with Crippen LogP contribution in [0.25, 0.3) is 0 Å². The fraction of sp³-hybridized carbons (Fsp3) is 0.500. The summed E-state index contributed by atoms with van der Waals surface area (Å²) in [5.41, 5.74) is 5.47. The van der Waals surface area contributed by atoms with Crippen LogP contribution in [-0.4, -0.2) is 23.5 Å². The van der Waals surface area contributed by atoms with Gasteiger partial charge >= 0.3 is 0 Å². The monoisotopic (exact) mass is 363 g/mol. The van der Waals surface area contributed by atoms with E-state index in [4.69, 9.17) is 17.0 Å². The van der Waals surface area contributed by atoms with Crippen molar-refractivity contribution in [1.82, 2.24) is 16.2 Å². The Hall–Kier alpha value is -2.15. The highest BCUT2D eigenvalue weighted by molar-refractivity contribution is 7.80. The van der Waals surface area contributed by atoms with Gasteiger partial charge in [0.25, 0.3) is 5.91 Å². The molecule has 2 amide bonds. The Morgan fingerprint density at radius 2 is 1.84 bits per heavy atom. The summed E-state index contributed by atoms with van der Waals surface area (Å²) in [6.07, 6.45) is 6.41. The molecule has 1 aliphatic rings. The average Bonchev–Trinajstić information content (AvgIpc) is 3.45. The number of carbonyl (C=O) groups is 2. The van der Waals surface area contributed by atoms with Crippen molar-refractivity contribution < 1.29 is 14.3 Å². The predicted molar refractivity (Wildman–Crippen MR) is 100 cm³/mol. The Balaban J connectivity index is 1.68. The molecule has 0 heterocycles. The number of amides is 2. The third-order valence-corrected chi connectivity index (χ3v) is 4.06. The Bertz CT molecular complexity index is 600. The zero-order valence-electron chi connectivity index (χ0n) is 14.5. The van der Waals surface area contributed by atoms with Gasteiger partial charge in [0.05, 0.1) is 6.61 Å². The van der Waals surface area contributed by atoms with Gasteiger partial charge in [-0.15, -0.1) is 0 Å². The maximum Gasteiger partial charge on any atom is 0.269 e. The van der Waals surface area contributed by atoms with E-state index in [9.17, 15) is 9.59 Å². The number of nitrogens with one attached hydrogen (secondary N) is 3. The molecule has 3 N–H and O–H groups in total. The smallest absolute Gasteiger partial charge is 0.269 e. The van der Waals surface area contributed by atoms with Crippen molar-refractivity contribution in [3.63, 3.8) is 0 Å². The fourth-order valence-electron chi connectivity index (χ4n) is 2.20. The average molecular weight is 363 g/mol. The number of rotatable bonds is 8. The topological polar surface area (TPSA) is 79.5 Å². The van der Waals surface area contributed by atoms with Crippen molar-refractivity contribution in [2.45, 2.75) is 45.4 Å². The molecule has 136 valence electrons. The van der Waals surface area contributed by atoms with Gasteiger partial charge in [0.15, 0.2) is 5.11 Å². The first kappa shape index (κ1) is 19.2. The number of hydrazine groups is 1. The van der Waals surface area contributed by atoms with Gasteiger partial charge in [0, 0.05) is 11.5 Å².